The molecule has 2 aromatic carbocycles. The smallest absolute Gasteiger partial charge is 0.229 e. The summed E-state index contributed by atoms with van der Waals surface area (Å²) in [4.78, 5) is 8.65. The van der Waals surface area contributed by atoms with Gasteiger partial charge >= 0.3 is 0 Å². The van der Waals surface area contributed by atoms with E-state index in [2.05, 4.69) is 20.6 Å². The van der Waals surface area contributed by atoms with Crippen LogP contribution in [0.15, 0.2) is 48.5 Å². The molecular weight excluding hydrogens is 350 g/mol. The van der Waals surface area contributed by atoms with Gasteiger partial charge in [-0.2, -0.15) is 4.98 Å². The topological polar surface area (TPSA) is 59.1 Å². The number of halogens is 2. The first kappa shape index (κ1) is 18.6. The third-order valence-electron chi connectivity index (χ3n) is 3.92. The first-order valence-electron chi connectivity index (χ1n) is 8.48. The minimum Gasteiger partial charge on any atom is -0.496 e. The van der Waals surface area contributed by atoms with Crippen molar-refractivity contribution >= 4 is 17.5 Å². The Morgan fingerprint density at radius 1 is 1.00 bits per heavy atom. The molecule has 0 aliphatic rings. The highest BCUT2D eigenvalue weighted by Gasteiger charge is 2.07. The minimum atomic E-state index is -0.928. The highest BCUT2D eigenvalue weighted by molar-refractivity contribution is 5.55. The van der Waals surface area contributed by atoms with Crippen LogP contribution in [-0.2, 0) is 6.42 Å². The van der Waals surface area contributed by atoms with Gasteiger partial charge in [-0.1, -0.05) is 18.2 Å². The van der Waals surface area contributed by atoms with Crippen LogP contribution in [0.3, 0.4) is 0 Å². The Morgan fingerprint density at radius 2 is 1.81 bits per heavy atom. The second-order valence-electron chi connectivity index (χ2n) is 5.96. The lowest BCUT2D eigenvalue weighted by Crippen LogP contribution is -2.09. The van der Waals surface area contributed by atoms with Gasteiger partial charge in [0.25, 0.3) is 0 Å². The van der Waals surface area contributed by atoms with E-state index in [0.717, 1.165) is 35.6 Å². The maximum Gasteiger partial charge on any atom is 0.229 e. The quantitative estimate of drug-likeness (QED) is 0.643. The van der Waals surface area contributed by atoms with Crippen molar-refractivity contribution in [3.05, 3.63) is 71.4 Å². The van der Waals surface area contributed by atoms with Crippen LogP contribution in [0.2, 0.25) is 0 Å². The molecule has 1 heterocycles. The van der Waals surface area contributed by atoms with E-state index in [1.54, 1.807) is 7.11 Å². The van der Waals surface area contributed by atoms with Gasteiger partial charge in [-0.05, 0) is 37.1 Å². The number of benzene rings is 2. The van der Waals surface area contributed by atoms with Crippen LogP contribution in [0.25, 0.3) is 0 Å². The molecule has 0 fully saturated rings. The van der Waals surface area contributed by atoms with Gasteiger partial charge in [-0.25, -0.2) is 13.8 Å². The van der Waals surface area contributed by atoms with Crippen molar-refractivity contribution < 1.29 is 13.5 Å². The second kappa shape index (κ2) is 8.44. The van der Waals surface area contributed by atoms with Crippen molar-refractivity contribution in [1.82, 2.24) is 9.97 Å². The summed E-state index contributed by atoms with van der Waals surface area (Å²) in [7, 11) is 1.65. The molecule has 5 nitrogen and oxygen atoms in total. The van der Waals surface area contributed by atoms with Crippen LogP contribution in [0, 0.1) is 18.6 Å². The predicted molar refractivity (Wildman–Crippen MR) is 102 cm³/mol. The van der Waals surface area contributed by atoms with E-state index in [1.807, 2.05) is 37.3 Å². The number of aromatic nitrogens is 2. The van der Waals surface area contributed by atoms with Crippen LogP contribution in [0.5, 0.6) is 5.75 Å². The highest BCUT2D eigenvalue weighted by atomic mass is 19.2. The van der Waals surface area contributed by atoms with Gasteiger partial charge in [0.2, 0.25) is 5.95 Å². The number of hydrogen-bond acceptors (Lipinski definition) is 5. The number of nitrogens with zero attached hydrogens (tertiary/aromatic N) is 2. The average molecular weight is 370 g/mol. The molecule has 0 atom stereocenters. The standard InChI is InChI=1S/C20H20F2N4O/c1-13-11-19(23-10-9-14-5-3-4-6-18(14)27-2)26-20(24-13)25-15-7-8-16(21)17(22)12-15/h3-8,11-12H,9-10H2,1-2H3,(H2,23,24,25,26). The molecule has 0 radical (unpaired) electrons. The normalized spacial score (nSPS) is 10.5. The van der Waals surface area contributed by atoms with Gasteiger partial charge in [0, 0.05) is 30.1 Å². The molecule has 3 aromatic rings. The Bertz CT molecular complexity index is 934. The van der Waals surface area contributed by atoms with Crippen molar-refractivity contribution in [2.45, 2.75) is 13.3 Å². The first-order chi connectivity index (χ1) is 13.0. The fourth-order valence-corrected chi connectivity index (χ4v) is 2.65. The molecule has 0 bridgehead atoms. The molecule has 0 aliphatic carbocycles. The molecule has 3 rings (SSSR count). The number of rotatable bonds is 7. The van der Waals surface area contributed by atoms with Crippen LogP contribution in [-0.4, -0.2) is 23.6 Å². The van der Waals surface area contributed by atoms with Crippen LogP contribution < -0.4 is 15.4 Å². The van der Waals surface area contributed by atoms with Crippen molar-refractivity contribution in [3.8, 4) is 5.75 Å². The summed E-state index contributed by atoms with van der Waals surface area (Å²) in [6, 6.07) is 13.2. The summed E-state index contributed by atoms with van der Waals surface area (Å²) in [6.07, 6.45) is 0.763. The molecule has 7 heteroatoms. The van der Waals surface area contributed by atoms with E-state index in [0.29, 0.717) is 24.0 Å². The maximum atomic E-state index is 13.4. The Kier molecular flexibility index (Phi) is 5.80. The zero-order chi connectivity index (χ0) is 19.2. The summed E-state index contributed by atoms with van der Waals surface area (Å²) < 4.78 is 31.7. The zero-order valence-electron chi connectivity index (χ0n) is 15.1. The van der Waals surface area contributed by atoms with Gasteiger partial charge < -0.3 is 15.4 Å². The van der Waals surface area contributed by atoms with E-state index in [-0.39, 0.29) is 0 Å². The zero-order valence-corrected chi connectivity index (χ0v) is 15.1. The van der Waals surface area contributed by atoms with Crippen LogP contribution in [0.4, 0.5) is 26.2 Å². The van der Waals surface area contributed by atoms with Gasteiger partial charge in [0.05, 0.1) is 7.11 Å². The molecule has 0 saturated heterocycles. The largest absolute Gasteiger partial charge is 0.496 e. The van der Waals surface area contributed by atoms with Crippen LogP contribution >= 0.6 is 0 Å². The minimum absolute atomic E-state index is 0.306. The molecule has 140 valence electrons. The summed E-state index contributed by atoms with van der Waals surface area (Å²) >= 11 is 0. The molecular formula is C20H20F2N4O. The SMILES string of the molecule is COc1ccccc1CCNc1cc(C)nc(Nc2ccc(F)c(F)c2)n1. The highest BCUT2D eigenvalue weighted by Crippen LogP contribution is 2.20. The lowest BCUT2D eigenvalue weighted by Gasteiger charge is -2.11. The Hall–Kier alpha value is -3.22. The molecule has 27 heavy (non-hydrogen) atoms. The molecule has 2 N–H and O–H groups in total. The molecule has 0 spiro atoms. The number of aryl methyl sites for hydroxylation is 1. The van der Waals surface area contributed by atoms with Gasteiger partial charge in [-0.15, -0.1) is 0 Å². The molecule has 0 aliphatic heterocycles. The molecule has 0 amide bonds. The van der Waals surface area contributed by atoms with Crippen molar-refractivity contribution in [2.24, 2.45) is 0 Å². The van der Waals surface area contributed by atoms with Gasteiger partial charge in [0.15, 0.2) is 11.6 Å². The van der Waals surface area contributed by atoms with Crippen molar-refractivity contribution in [2.75, 3.05) is 24.3 Å². The predicted octanol–water partition coefficient (Wildman–Crippen LogP) is 4.47. The maximum absolute atomic E-state index is 13.4. The van der Waals surface area contributed by atoms with Gasteiger partial charge in [0.1, 0.15) is 11.6 Å². The summed E-state index contributed by atoms with van der Waals surface area (Å²) in [5, 5.41) is 6.14. The summed E-state index contributed by atoms with van der Waals surface area (Å²) in [5.41, 5.74) is 2.22. The molecule has 0 unspecified atom stereocenters. The number of nitrogens with one attached hydrogen (secondary N) is 2. The van der Waals surface area contributed by atoms with Crippen molar-refractivity contribution in [1.29, 1.82) is 0 Å². The van der Waals surface area contributed by atoms with E-state index in [4.69, 9.17) is 4.74 Å². The van der Waals surface area contributed by atoms with Gasteiger partial charge in [-0.3, -0.25) is 0 Å². The van der Waals surface area contributed by atoms with Crippen LogP contribution in [0.1, 0.15) is 11.3 Å². The second-order valence-corrected chi connectivity index (χ2v) is 5.96. The van der Waals surface area contributed by atoms with Crippen molar-refractivity contribution in [3.63, 3.8) is 0 Å². The Labute approximate surface area is 156 Å². The fourth-order valence-electron chi connectivity index (χ4n) is 2.65. The van der Waals surface area contributed by atoms with E-state index >= 15 is 0 Å². The third-order valence-corrected chi connectivity index (χ3v) is 3.92. The molecule has 1 aromatic heterocycles. The third kappa shape index (κ3) is 4.91. The number of ether oxygens (including phenoxy) is 1. The monoisotopic (exact) mass is 370 g/mol. The number of anilines is 3. The number of hydrogen-bond donors (Lipinski definition) is 2. The van der Waals surface area contributed by atoms with E-state index in [9.17, 15) is 8.78 Å². The lowest BCUT2D eigenvalue weighted by atomic mass is 10.1. The van der Waals surface area contributed by atoms with E-state index in [1.165, 1.54) is 6.07 Å². The Morgan fingerprint density at radius 3 is 2.59 bits per heavy atom. The number of para-hydroxylation sites is 1. The average Bonchev–Trinajstić information content (AvgIpc) is 2.65. The number of methoxy groups -OCH3 is 1. The summed E-state index contributed by atoms with van der Waals surface area (Å²) in [5.74, 6) is -0.0330. The first-order valence-corrected chi connectivity index (χ1v) is 8.48. The summed E-state index contributed by atoms with van der Waals surface area (Å²) in [6.45, 7) is 2.49. The Balaban J connectivity index is 1.67. The fraction of sp³-hybridized carbons (Fsp3) is 0.200. The lowest BCUT2D eigenvalue weighted by molar-refractivity contribution is 0.410. The molecule has 0 saturated carbocycles. The van der Waals surface area contributed by atoms with E-state index < -0.39 is 11.6 Å².